The fraction of sp³-hybridized carbons (Fsp3) is 0.333. The van der Waals surface area contributed by atoms with E-state index in [1.165, 1.54) is 14.0 Å². The van der Waals surface area contributed by atoms with E-state index in [1.807, 2.05) is 0 Å². The molecule has 4 nitrogen and oxygen atoms in total. The maximum Gasteiger partial charge on any atom is 0.379 e. The average Bonchev–Trinajstić information content (AvgIpc) is 2.33. The molecule has 0 aliphatic carbocycles. The lowest BCUT2D eigenvalue weighted by molar-refractivity contribution is -0.137. The molecule has 0 N–H and O–H groups in total. The van der Waals surface area contributed by atoms with Crippen LogP contribution in [0.4, 0.5) is 8.78 Å². The Hall–Kier alpha value is -1.82. The first-order chi connectivity index (χ1) is 8.51. The van der Waals surface area contributed by atoms with Gasteiger partial charge in [0.1, 0.15) is 11.6 Å². The quantitative estimate of drug-likeness (QED) is 0.459. The summed E-state index contributed by atoms with van der Waals surface area (Å²) >= 11 is 0. The first-order valence-electron chi connectivity index (χ1n) is 5.19. The third-order valence-corrected chi connectivity index (χ3v) is 2.15. The van der Waals surface area contributed by atoms with E-state index < -0.39 is 23.4 Å². The van der Waals surface area contributed by atoms with E-state index in [2.05, 4.69) is 9.47 Å². The zero-order chi connectivity index (χ0) is 13.7. The van der Waals surface area contributed by atoms with Crippen LogP contribution in [-0.4, -0.2) is 25.5 Å². The van der Waals surface area contributed by atoms with Crippen LogP contribution in [0.5, 0.6) is 0 Å². The predicted octanol–water partition coefficient (Wildman–Crippen LogP) is 1.86. The van der Waals surface area contributed by atoms with Gasteiger partial charge in [0.15, 0.2) is 0 Å². The fourth-order valence-electron chi connectivity index (χ4n) is 1.33. The van der Waals surface area contributed by atoms with Crippen LogP contribution in [0.1, 0.15) is 22.8 Å². The summed E-state index contributed by atoms with van der Waals surface area (Å²) in [6.45, 7) is 1.27. The van der Waals surface area contributed by atoms with Crippen LogP contribution in [0.15, 0.2) is 12.1 Å². The minimum Gasteiger partial charge on any atom is -0.460 e. The van der Waals surface area contributed by atoms with Crippen molar-refractivity contribution in [2.45, 2.75) is 13.5 Å². The summed E-state index contributed by atoms with van der Waals surface area (Å²) in [5.41, 5.74) is -0.679. The molecule has 0 atom stereocenters. The van der Waals surface area contributed by atoms with Crippen molar-refractivity contribution in [3.8, 4) is 0 Å². The Kier molecular flexibility index (Phi) is 4.91. The number of halogens is 2. The van der Waals surface area contributed by atoms with Crippen molar-refractivity contribution < 1.29 is 27.8 Å². The Morgan fingerprint density at radius 1 is 1.22 bits per heavy atom. The lowest BCUT2D eigenvalue weighted by Gasteiger charge is -2.06. The van der Waals surface area contributed by atoms with Crippen molar-refractivity contribution in [1.82, 2.24) is 0 Å². The van der Waals surface area contributed by atoms with Crippen LogP contribution >= 0.6 is 0 Å². The minimum absolute atomic E-state index is 0.0112. The normalized spacial score (nSPS) is 10.2. The highest BCUT2D eigenvalue weighted by molar-refractivity contribution is 6.40. The molecule has 0 aliphatic heterocycles. The molecule has 0 heterocycles. The highest BCUT2D eigenvalue weighted by atomic mass is 19.1. The number of methoxy groups -OCH3 is 1. The molecule has 0 aliphatic rings. The number of esters is 1. The van der Waals surface area contributed by atoms with Crippen molar-refractivity contribution in [1.29, 1.82) is 0 Å². The summed E-state index contributed by atoms with van der Waals surface area (Å²) in [5.74, 6) is -4.11. The molecule has 98 valence electrons. The monoisotopic (exact) mass is 258 g/mol. The van der Waals surface area contributed by atoms with Gasteiger partial charge in [-0.3, -0.25) is 4.79 Å². The van der Waals surface area contributed by atoms with Gasteiger partial charge in [-0.25, -0.2) is 13.6 Å². The number of ketones is 1. The smallest absolute Gasteiger partial charge is 0.379 e. The molecule has 0 aromatic heterocycles. The number of hydrogen-bond donors (Lipinski definition) is 0. The van der Waals surface area contributed by atoms with Crippen LogP contribution in [-0.2, 0) is 20.9 Å². The maximum absolute atomic E-state index is 13.5. The molecule has 0 saturated carbocycles. The largest absolute Gasteiger partial charge is 0.460 e. The summed E-state index contributed by atoms with van der Waals surface area (Å²) in [5, 5.41) is 0. The molecule has 0 unspecified atom stereocenters. The summed E-state index contributed by atoms with van der Waals surface area (Å²) < 4.78 is 36.0. The van der Waals surface area contributed by atoms with E-state index in [1.54, 1.807) is 0 Å². The van der Waals surface area contributed by atoms with Gasteiger partial charge < -0.3 is 9.47 Å². The first-order valence-corrected chi connectivity index (χ1v) is 5.19. The standard InChI is InChI=1S/C12H12F2O4/c1-3-18-12(16)11(15)7-4-9(13)8(6-17-2)10(14)5-7/h4-5H,3,6H2,1-2H3. The second-order valence-electron chi connectivity index (χ2n) is 3.40. The fourth-order valence-corrected chi connectivity index (χ4v) is 1.33. The minimum atomic E-state index is -1.14. The molecule has 0 bridgehead atoms. The summed E-state index contributed by atoms with van der Waals surface area (Å²) in [6, 6.07) is 1.58. The van der Waals surface area contributed by atoms with Gasteiger partial charge in [0, 0.05) is 18.2 Å². The molecule has 18 heavy (non-hydrogen) atoms. The number of Topliss-reactive ketones (excluding diaryl/α,β-unsaturated/α-hetero) is 1. The Morgan fingerprint density at radius 3 is 2.22 bits per heavy atom. The molecule has 0 spiro atoms. The predicted molar refractivity (Wildman–Crippen MR) is 58.0 cm³/mol. The van der Waals surface area contributed by atoms with Crippen LogP contribution in [0.3, 0.4) is 0 Å². The van der Waals surface area contributed by atoms with Gasteiger partial charge >= 0.3 is 5.97 Å². The van der Waals surface area contributed by atoms with Crippen LogP contribution < -0.4 is 0 Å². The number of carbonyl (C=O) groups is 2. The molecule has 1 rings (SSSR count). The molecule has 0 fully saturated rings. The van der Waals surface area contributed by atoms with Crippen molar-refractivity contribution >= 4 is 11.8 Å². The van der Waals surface area contributed by atoms with Gasteiger partial charge in [0.25, 0.3) is 5.78 Å². The number of rotatable bonds is 5. The van der Waals surface area contributed by atoms with Crippen molar-refractivity contribution in [2.75, 3.05) is 13.7 Å². The van der Waals surface area contributed by atoms with Gasteiger partial charge in [-0.2, -0.15) is 0 Å². The topological polar surface area (TPSA) is 52.6 Å². The van der Waals surface area contributed by atoms with E-state index in [4.69, 9.17) is 0 Å². The van der Waals surface area contributed by atoms with Gasteiger partial charge in [-0.1, -0.05) is 0 Å². The van der Waals surface area contributed by atoms with Crippen molar-refractivity contribution in [2.24, 2.45) is 0 Å². The zero-order valence-electron chi connectivity index (χ0n) is 9.96. The summed E-state index contributed by atoms with van der Waals surface area (Å²) in [7, 11) is 1.29. The lowest BCUT2D eigenvalue weighted by atomic mass is 10.1. The molecule has 0 amide bonds. The molecule has 6 heteroatoms. The second-order valence-corrected chi connectivity index (χ2v) is 3.40. The average molecular weight is 258 g/mol. The number of ether oxygens (including phenoxy) is 2. The van der Waals surface area contributed by atoms with E-state index in [0.717, 1.165) is 12.1 Å². The SMILES string of the molecule is CCOC(=O)C(=O)c1cc(F)c(COC)c(F)c1. The number of benzene rings is 1. The Balaban J connectivity index is 3.06. The zero-order valence-corrected chi connectivity index (χ0v) is 9.96. The van der Waals surface area contributed by atoms with E-state index in [9.17, 15) is 18.4 Å². The van der Waals surface area contributed by atoms with Gasteiger partial charge in [0.2, 0.25) is 0 Å². The molecular weight excluding hydrogens is 246 g/mol. The Bertz CT molecular complexity index is 448. The molecule has 1 aromatic rings. The molecular formula is C12H12F2O4. The Morgan fingerprint density at radius 2 is 1.78 bits per heavy atom. The molecule has 0 saturated heterocycles. The highest BCUT2D eigenvalue weighted by Crippen LogP contribution is 2.17. The maximum atomic E-state index is 13.5. The Labute approximate surface area is 103 Å². The molecule has 1 aromatic carbocycles. The van der Waals surface area contributed by atoms with Gasteiger partial charge in [-0.15, -0.1) is 0 Å². The van der Waals surface area contributed by atoms with Gasteiger partial charge in [0.05, 0.1) is 13.2 Å². The van der Waals surface area contributed by atoms with E-state index in [-0.39, 0.29) is 24.3 Å². The molecule has 0 radical (unpaired) electrons. The van der Waals surface area contributed by atoms with E-state index in [0.29, 0.717) is 0 Å². The van der Waals surface area contributed by atoms with Crippen LogP contribution in [0.25, 0.3) is 0 Å². The van der Waals surface area contributed by atoms with Crippen molar-refractivity contribution in [3.05, 3.63) is 34.9 Å². The number of hydrogen-bond acceptors (Lipinski definition) is 4. The van der Waals surface area contributed by atoms with E-state index >= 15 is 0 Å². The van der Waals surface area contributed by atoms with Gasteiger partial charge in [-0.05, 0) is 19.1 Å². The third kappa shape index (κ3) is 3.10. The lowest BCUT2D eigenvalue weighted by Crippen LogP contribution is -2.18. The van der Waals surface area contributed by atoms with Crippen LogP contribution in [0.2, 0.25) is 0 Å². The van der Waals surface area contributed by atoms with Crippen molar-refractivity contribution in [3.63, 3.8) is 0 Å². The van der Waals surface area contributed by atoms with Crippen LogP contribution in [0, 0.1) is 11.6 Å². The summed E-state index contributed by atoms with van der Waals surface area (Å²) in [6.07, 6.45) is 0. The second kappa shape index (κ2) is 6.20. The summed E-state index contributed by atoms with van der Waals surface area (Å²) in [4.78, 5) is 22.6. The highest BCUT2D eigenvalue weighted by Gasteiger charge is 2.21. The first kappa shape index (κ1) is 14.2. The number of carbonyl (C=O) groups excluding carboxylic acids is 2. The third-order valence-electron chi connectivity index (χ3n) is 2.15.